The number of hydrogen-bond donors (Lipinski definition) is 0. The molecule has 0 aliphatic heterocycles. The Hall–Kier alpha value is -3.67. The minimum absolute atomic E-state index is 0.0980. The van der Waals surface area contributed by atoms with E-state index in [2.05, 4.69) is 10.1 Å². The summed E-state index contributed by atoms with van der Waals surface area (Å²) in [5.41, 5.74) is -1.26. The number of aromatic nitrogens is 6. The fraction of sp³-hybridized carbons (Fsp3) is 0.440. The molecule has 0 amide bonds. The Morgan fingerprint density at radius 3 is 2.43 bits per heavy atom. The highest BCUT2D eigenvalue weighted by Crippen LogP contribution is 2.31. The van der Waals surface area contributed by atoms with Crippen LogP contribution in [-0.2, 0) is 36.3 Å². The monoisotopic (exact) mass is 518 g/mol. The number of imidazole rings is 1. The van der Waals surface area contributed by atoms with E-state index in [1.165, 1.54) is 33.2 Å². The second kappa shape index (κ2) is 9.66. The van der Waals surface area contributed by atoms with Crippen LogP contribution in [0.4, 0.5) is 13.2 Å². The Bertz CT molecular complexity index is 1560. The van der Waals surface area contributed by atoms with Crippen LogP contribution in [0.25, 0.3) is 22.6 Å². The van der Waals surface area contributed by atoms with Gasteiger partial charge >= 0.3 is 11.9 Å². The molecule has 0 spiro atoms. The van der Waals surface area contributed by atoms with Gasteiger partial charge in [0.1, 0.15) is 11.5 Å². The molecule has 0 radical (unpaired) electrons. The van der Waals surface area contributed by atoms with Crippen molar-refractivity contribution in [3.05, 3.63) is 68.6 Å². The standard InChI is InChI=1S/C25H29F3N6O3/c1-6-11-33-22(35)19-21(32(7-2)23(33)36)30-20(34(19)24(3,4)37-5)17-13-29-31(15-17)14-16-9-8-10-18(12-16)25(26,27)28/h8-10,12-13,15H,6-7,11,14H2,1-5H3. The van der Waals surface area contributed by atoms with Crippen LogP contribution in [0.15, 0.2) is 46.2 Å². The van der Waals surface area contributed by atoms with Crippen LogP contribution < -0.4 is 11.2 Å². The molecule has 9 nitrogen and oxygen atoms in total. The maximum absolute atomic E-state index is 13.5. The van der Waals surface area contributed by atoms with Crippen molar-refractivity contribution < 1.29 is 17.9 Å². The Morgan fingerprint density at radius 2 is 1.81 bits per heavy atom. The number of aryl methyl sites for hydroxylation is 1. The van der Waals surface area contributed by atoms with Crippen LogP contribution in [0.1, 0.15) is 45.2 Å². The lowest BCUT2D eigenvalue weighted by atomic mass is 10.1. The number of nitrogens with zero attached hydrogens (tertiary/aromatic N) is 6. The molecular weight excluding hydrogens is 489 g/mol. The van der Waals surface area contributed by atoms with Crippen LogP contribution in [0, 0.1) is 0 Å². The lowest BCUT2D eigenvalue weighted by Crippen LogP contribution is -2.41. The van der Waals surface area contributed by atoms with Crippen LogP contribution in [0.2, 0.25) is 0 Å². The van der Waals surface area contributed by atoms with E-state index < -0.39 is 28.7 Å². The van der Waals surface area contributed by atoms with Gasteiger partial charge in [0.15, 0.2) is 11.2 Å². The SMILES string of the molecule is CCCn1c(=O)c2c(nc(-c3cnn(Cc4cccc(C(F)(F)F)c4)c3)n2C(C)(C)OC)n(CC)c1=O. The summed E-state index contributed by atoms with van der Waals surface area (Å²) in [7, 11) is 1.51. The number of halogens is 3. The average Bonchev–Trinajstić information content (AvgIpc) is 3.47. The van der Waals surface area contributed by atoms with Crippen LogP contribution >= 0.6 is 0 Å². The molecule has 0 unspecified atom stereocenters. The number of rotatable bonds is 8. The van der Waals surface area contributed by atoms with Crippen molar-refractivity contribution in [1.82, 2.24) is 28.5 Å². The van der Waals surface area contributed by atoms with E-state index in [9.17, 15) is 22.8 Å². The van der Waals surface area contributed by atoms with Crippen LogP contribution in [-0.4, -0.2) is 35.6 Å². The minimum atomic E-state index is -4.44. The maximum atomic E-state index is 13.5. The highest BCUT2D eigenvalue weighted by molar-refractivity contribution is 5.77. The molecule has 3 heterocycles. The largest absolute Gasteiger partial charge is 0.416 e. The number of alkyl halides is 3. The van der Waals surface area contributed by atoms with Gasteiger partial charge in [0.05, 0.1) is 23.9 Å². The number of methoxy groups -OCH3 is 1. The molecule has 0 saturated heterocycles. The molecule has 12 heteroatoms. The van der Waals surface area contributed by atoms with Gasteiger partial charge in [0.25, 0.3) is 5.56 Å². The Labute approximate surface area is 210 Å². The van der Waals surface area contributed by atoms with E-state index in [1.54, 1.807) is 37.6 Å². The van der Waals surface area contributed by atoms with E-state index in [4.69, 9.17) is 4.74 Å². The maximum Gasteiger partial charge on any atom is 0.416 e. The number of ether oxygens (including phenoxy) is 1. The fourth-order valence-corrected chi connectivity index (χ4v) is 4.35. The van der Waals surface area contributed by atoms with Crippen LogP contribution in [0.3, 0.4) is 0 Å². The van der Waals surface area contributed by atoms with Crippen molar-refractivity contribution in [2.45, 2.75) is 65.7 Å². The zero-order valence-corrected chi connectivity index (χ0v) is 21.3. The molecule has 4 aromatic rings. The summed E-state index contributed by atoms with van der Waals surface area (Å²) in [6.45, 7) is 7.89. The molecule has 0 saturated carbocycles. The lowest BCUT2D eigenvalue weighted by molar-refractivity contribution is -0.137. The summed E-state index contributed by atoms with van der Waals surface area (Å²) in [6, 6.07) is 5.05. The summed E-state index contributed by atoms with van der Waals surface area (Å²) in [4.78, 5) is 31.3. The first-order valence-electron chi connectivity index (χ1n) is 11.9. The molecule has 0 aliphatic carbocycles. The zero-order chi connectivity index (χ0) is 27.1. The predicted octanol–water partition coefficient (Wildman–Crippen LogP) is 4.06. The normalized spacial score (nSPS) is 12.5. The van der Waals surface area contributed by atoms with Crippen molar-refractivity contribution in [2.75, 3.05) is 7.11 Å². The first-order chi connectivity index (χ1) is 17.4. The molecule has 1 aromatic carbocycles. The van der Waals surface area contributed by atoms with Gasteiger partial charge in [0, 0.05) is 26.4 Å². The third-order valence-corrected chi connectivity index (χ3v) is 6.32. The molecule has 0 fully saturated rings. The van der Waals surface area contributed by atoms with Gasteiger partial charge < -0.3 is 4.74 Å². The number of fused-ring (bicyclic) bond motifs is 1. The van der Waals surface area contributed by atoms with Gasteiger partial charge in [-0.15, -0.1) is 0 Å². The Morgan fingerprint density at radius 1 is 1.08 bits per heavy atom. The highest BCUT2D eigenvalue weighted by Gasteiger charge is 2.32. The van der Waals surface area contributed by atoms with E-state index >= 15 is 0 Å². The highest BCUT2D eigenvalue weighted by atomic mass is 19.4. The Balaban J connectivity index is 1.89. The lowest BCUT2D eigenvalue weighted by Gasteiger charge is -2.27. The van der Waals surface area contributed by atoms with Gasteiger partial charge in [-0.05, 0) is 44.9 Å². The molecule has 0 bridgehead atoms. The first kappa shape index (κ1) is 26.4. The Kier molecular flexibility index (Phi) is 6.89. The molecule has 0 N–H and O–H groups in total. The predicted molar refractivity (Wildman–Crippen MR) is 132 cm³/mol. The summed E-state index contributed by atoms with van der Waals surface area (Å²) in [6.07, 6.45) is -0.679. The summed E-state index contributed by atoms with van der Waals surface area (Å²) < 4.78 is 50.9. The topological polar surface area (TPSA) is 88.9 Å². The van der Waals surface area contributed by atoms with Gasteiger partial charge in [-0.1, -0.05) is 19.1 Å². The smallest absolute Gasteiger partial charge is 0.359 e. The summed E-state index contributed by atoms with van der Waals surface area (Å²) in [5, 5.41) is 4.32. The summed E-state index contributed by atoms with van der Waals surface area (Å²) in [5.74, 6) is 0.352. The molecular formula is C25H29F3N6O3. The second-order valence-corrected chi connectivity index (χ2v) is 9.20. The van der Waals surface area contributed by atoms with Gasteiger partial charge in [0.2, 0.25) is 0 Å². The number of hydrogen-bond acceptors (Lipinski definition) is 5. The molecule has 0 aliphatic rings. The average molecular weight is 519 g/mol. The van der Waals surface area contributed by atoms with Gasteiger partial charge in [-0.3, -0.25) is 23.2 Å². The molecule has 3 aromatic heterocycles. The molecule has 198 valence electrons. The number of benzene rings is 1. The summed E-state index contributed by atoms with van der Waals surface area (Å²) >= 11 is 0. The van der Waals surface area contributed by atoms with E-state index in [0.29, 0.717) is 29.9 Å². The zero-order valence-electron chi connectivity index (χ0n) is 21.3. The first-order valence-corrected chi connectivity index (χ1v) is 11.9. The van der Waals surface area contributed by atoms with Crippen molar-refractivity contribution in [3.63, 3.8) is 0 Å². The fourth-order valence-electron chi connectivity index (χ4n) is 4.35. The minimum Gasteiger partial charge on any atom is -0.359 e. The third-order valence-electron chi connectivity index (χ3n) is 6.32. The third kappa shape index (κ3) is 4.73. The van der Waals surface area contributed by atoms with Crippen molar-refractivity contribution in [2.24, 2.45) is 0 Å². The molecule has 4 rings (SSSR count). The van der Waals surface area contributed by atoms with E-state index in [0.717, 1.165) is 12.1 Å². The second-order valence-electron chi connectivity index (χ2n) is 9.20. The van der Waals surface area contributed by atoms with E-state index in [1.807, 2.05) is 6.92 Å². The molecule has 37 heavy (non-hydrogen) atoms. The van der Waals surface area contributed by atoms with Crippen molar-refractivity contribution >= 4 is 11.2 Å². The quantitative estimate of drug-likeness (QED) is 0.351. The molecule has 0 atom stereocenters. The van der Waals surface area contributed by atoms with Gasteiger partial charge in [-0.2, -0.15) is 18.3 Å². The van der Waals surface area contributed by atoms with E-state index in [-0.39, 0.29) is 24.3 Å². The van der Waals surface area contributed by atoms with Gasteiger partial charge in [-0.25, -0.2) is 9.78 Å². The van der Waals surface area contributed by atoms with Crippen LogP contribution in [0.5, 0.6) is 0 Å². The van der Waals surface area contributed by atoms with Crippen molar-refractivity contribution in [3.8, 4) is 11.4 Å². The van der Waals surface area contributed by atoms with Crippen molar-refractivity contribution in [1.29, 1.82) is 0 Å².